The first-order valence-corrected chi connectivity index (χ1v) is 7.04. The number of benzene rings is 2. The van der Waals surface area contributed by atoms with E-state index in [1.54, 1.807) is 12.1 Å². The van der Waals surface area contributed by atoms with Gasteiger partial charge >= 0.3 is 0 Å². The van der Waals surface area contributed by atoms with E-state index in [1.165, 1.54) is 18.2 Å². The third-order valence-electron chi connectivity index (χ3n) is 4.14. The molecule has 0 radical (unpaired) electrons. The fourth-order valence-electron chi connectivity index (χ4n) is 2.71. The Bertz CT molecular complexity index is 708. The van der Waals surface area contributed by atoms with Crippen LogP contribution in [0.1, 0.15) is 35.2 Å². The summed E-state index contributed by atoms with van der Waals surface area (Å²) in [5.74, 6) is -2.86. The molecule has 2 aromatic rings. The third kappa shape index (κ3) is 2.58. The Labute approximate surface area is 126 Å². The molecule has 2 nitrogen and oxygen atoms in total. The molecule has 0 spiro atoms. The molecule has 1 amide bonds. The van der Waals surface area contributed by atoms with Crippen LogP contribution in [0.5, 0.6) is 0 Å². The topological polar surface area (TPSA) is 29.1 Å². The van der Waals surface area contributed by atoms with Crippen LogP contribution >= 0.6 is 0 Å². The van der Waals surface area contributed by atoms with Gasteiger partial charge in [0.25, 0.3) is 5.91 Å². The van der Waals surface area contributed by atoms with Gasteiger partial charge in [-0.25, -0.2) is 13.2 Å². The van der Waals surface area contributed by atoms with E-state index < -0.39 is 23.1 Å². The molecule has 5 heteroatoms. The highest BCUT2D eigenvalue weighted by Gasteiger charge is 2.40. The van der Waals surface area contributed by atoms with Crippen molar-refractivity contribution in [2.45, 2.75) is 24.8 Å². The average molecular weight is 305 g/mol. The maximum absolute atomic E-state index is 13.2. The fourth-order valence-corrected chi connectivity index (χ4v) is 2.71. The Balaban J connectivity index is 1.84. The zero-order chi connectivity index (χ0) is 15.7. The molecule has 1 fully saturated rings. The molecule has 0 aliphatic heterocycles. The molecule has 0 bridgehead atoms. The summed E-state index contributed by atoms with van der Waals surface area (Å²) in [6, 6.07) is 9.01. The van der Waals surface area contributed by atoms with Crippen LogP contribution in [0.25, 0.3) is 0 Å². The Morgan fingerprint density at radius 3 is 2.18 bits per heavy atom. The number of hydrogen-bond donors (Lipinski definition) is 1. The van der Waals surface area contributed by atoms with Crippen molar-refractivity contribution in [1.82, 2.24) is 5.32 Å². The summed E-state index contributed by atoms with van der Waals surface area (Å²) in [5.41, 5.74) is 0.318. The van der Waals surface area contributed by atoms with Crippen LogP contribution in [-0.4, -0.2) is 5.91 Å². The van der Waals surface area contributed by atoms with E-state index in [4.69, 9.17) is 0 Å². The van der Waals surface area contributed by atoms with Gasteiger partial charge in [0.15, 0.2) is 11.6 Å². The molecule has 114 valence electrons. The number of nitrogens with one attached hydrogen (secondary N) is 1. The lowest BCUT2D eigenvalue weighted by Crippen LogP contribution is -2.50. The molecule has 22 heavy (non-hydrogen) atoms. The lowest BCUT2D eigenvalue weighted by molar-refractivity contribution is 0.0822. The highest BCUT2D eigenvalue weighted by atomic mass is 19.2. The standard InChI is InChI=1S/C17H14F3NO/c18-13-5-3-12(4-6-13)17(8-1-9-17)21-16(22)11-2-7-14(19)15(20)10-11/h2-7,10H,1,8-9H2,(H,21,22). The van der Waals surface area contributed by atoms with E-state index in [2.05, 4.69) is 5.32 Å². The van der Waals surface area contributed by atoms with Gasteiger partial charge < -0.3 is 5.32 Å². The maximum atomic E-state index is 13.2. The van der Waals surface area contributed by atoms with Crippen LogP contribution < -0.4 is 5.32 Å². The van der Waals surface area contributed by atoms with Gasteiger partial charge in [0.05, 0.1) is 5.54 Å². The maximum Gasteiger partial charge on any atom is 0.252 e. The molecule has 1 aliphatic rings. The van der Waals surface area contributed by atoms with Gasteiger partial charge in [-0.05, 0) is 55.2 Å². The summed E-state index contributed by atoms with van der Waals surface area (Å²) in [7, 11) is 0. The Hall–Kier alpha value is -2.30. The normalized spacial score (nSPS) is 16.0. The van der Waals surface area contributed by atoms with Crippen molar-refractivity contribution < 1.29 is 18.0 Å². The van der Waals surface area contributed by atoms with E-state index in [0.29, 0.717) is 0 Å². The number of carbonyl (C=O) groups is 1. The van der Waals surface area contributed by atoms with Gasteiger partial charge in [-0.1, -0.05) is 12.1 Å². The molecule has 0 atom stereocenters. The lowest BCUT2D eigenvalue weighted by Gasteiger charge is -2.43. The highest BCUT2D eigenvalue weighted by molar-refractivity contribution is 5.94. The second kappa shape index (κ2) is 5.48. The summed E-state index contributed by atoms with van der Waals surface area (Å²) in [5, 5.41) is 2.88. The first-order chi connectivity index (χ1) is 10.5. The molecular formula is C17H14F3NO. The van der Waals surface area contributed by atoms with Crippen molar-refractivity contribution in [2.75, 3.05) is 0 Å². The van der Waals surface area contributed by atoms with Gasteiger partial charge in [0.1, 0.15) is 5.82 Å². The van der Waals surface area contributed by atoms with Crippen LogP contribution in [0.15, 0.2) is 42.5 Å². The second-order valence-electron chi connectivity index (χ2n) is 5.53. The van der Waals surface area contributed by atoms with Gasteiger partial charge in [-0.3, -0.25) is 4.79 Å². The van der Waals surface area contributed by atoms with Crippen LogP contribution in [-0.2, 0) is 5.54 Å². The first kappa shape index (κ1) is 14.6. The number of hydrogen-bond acceptors (Lipinski definition) is 1. The van der Waals surface area contributed by atoms with Crippen LogP contribution in [0.4, 0.5) is 13.2 Å². The van der Waals surface area contributed by atoms with E-state index in [1.807, 2.05) is 0 Å². The minimum Gasteiger partial charge on any atom is -0.343 e. The van der Waals surface area contributed by atoms with E-state index in [-0.39, 0.29) is 11.4 Å². The van der Waals surface area contributed by atoms with Gasteiger partial charge in [0, 0.05) is 5.56 Å². The number of rotatable bonds is 3. The van der Waals surface area contributed by atoms with Crippen LogP contribution in [0.2, 0.25) is 0 Å². The van der Waals surface area contributed by atoms with Gasteiger partial charge in [-0.2, -0.15) is 0 Å². The number of carbonyl (C=O) groups excluding carboxylic acids is 1. The molecule has 0 unspecified atom stereocenters. The molecule has 0 heterocycles. The quantitative estimate of drug-likeness (QED) is 0.915. The fraction of sp³-hybridized carbons (Fsp3) is 0.235. The predicted octanol–water partition coefficient (Wildman–Crippen LogP) is 3.91. The average Bonchev–Trinajstić information content (AvgIpc) is 2.46. The Kier molecular flexibility index (Phi) is 3.64. The predicted molar refractivity (Wildman–Crippen MR) is 75.8 cm³/mol. The highest BCUT2D eigenvalue weighted by Crippen LogP contribution is 2.41. The van der Waals surface area contributed by atoms with Crippen molar-refractivity contribution in [2.24, 2.45) is 0 Å². The molecule has 1 aliphatic carbocycles. The minimum atomic E-state index is -1.06. The summed E-state index contributed by atoms with van der Waals surface area (Å²) in [6.07, 6.45) is 2.40. The second-order valence-corrected chi connectivity index (χ2v) is 5.53. The van der Waals surface area contributed by atoms with Crippen LogP contribution in [0.3, 0.4) is 0 Å². The first-order valence-electron chi connectivity index (χ1n) is 7.04. The van der Waals surface area contributed by atoms with Gasteiger partial charge in [0.2, 0.25) is 0 Å². The number of amides is 1. The minimum absolute atomic E-state index is 0.0623. The molecule has 3 rings (SSSR count). The van der Waals surface area contributed by atoms with E-state index in [0.717, 1.165) is 37.0 Å². The monoisotopic (exact) mass is 305 g/mol. The molecule has 1 N–H and O–H groups in total. The summed E-state index contributed by atoms with van der Waals surface area (Å²) >= 11 is 0. The summed E-state index contributed by atoms with van der Waals surface area (Å²) in [4.78, 5) is 12.3. The lowest BCUT2D eigenvalue weighted by atomic mass is 9.71. The Morgan fingerprint density at radius 2 is 1.64 bits per heavy atom. The molecular weight excluding hydrogens is 291 g/mol. The largest absolute Gasteiger partial charge is 0.343 e. The zero-order valence-corrected chi connectivity index (χ0v) is 11.7. The summed E-state index contributed by atoms with van der Waals surface area (Å²) in [6.45, 7) is 0. The van der Waals surface area contributed by atoms with Crippen molar-refractivity contribution in [3.63, 3.8) is 0 Å². The molecule has 2 aromatic carbocycles. The smallest absolute Gasteiger partial charge is 0.252 e. The van der Waals surface area contributed by atoms with Gasteiger partial charge in [-0.15, -0.1) is 0 Å². The van der Waals surface area contributed by atoms with Crippen LogP contribution in [0, 0.1) is 17.5 Å². The van der Waals surface area contributed by atoms with Crippen molar-refractivity contribution >= 4 is 5.91 Å². The molecule has 0 saturated heterocycles. The zero-order valence-electron chi connectivity index (χ0n) is 11.7. The summed E-state index contributed by atoms with van der Waals surface area (Å²) < 4.78 is 39.2. The van der Waals surface area contributed by atoms with Crippen molar-refractivity contribution in [1.29, 1.82) is 0 Å². The molecule has 1 saturated carbocycles. The van der Waals surface area contributed by atoms with Crippen molar-refractivity contribution in [3.8, 4) is 0 Å². The SMILES string of the molecule is O=C(NC1(c2ccc(F)cc2)CCC1)c1ccc(F)c(F)c1. The van der Waals surface area contributed by atoms with E-state index in [9.17, 15) is 18.0 Å². The Morgan fingerprint density at radius 1 is 0.955 bits per heavy atom. The molecule has 0 aromatic heterocycles. The van der Waals surface area contributed by atoms with E-state index >= 15 is 0 Å². The van der Waals surface area contributed by atoms with Crippen molar-refractivity contribution in [3.05, 3.63) is 71.0 Å². The number of halogens is 3. The third-order valence-corrected chi connectivity index (χ3v) is 4.14.